The van der Waals surface area contributed by atoms with Crippen LogP contribution in [0, 0.1) is 0 Å². The Morgan fingerprint density at radius 1 is 0.407 bits per heavy atom. The maximum absolute atomic E-state index is 5.39. The van der Waals surface area contributed by atoms with Gasteiger partial charge in [0.2, 0.25) is 0 Å². The van der Waals surface area contributed by atoms with Crippen molar-refractivity contribution in [3.8, 4) is 66.7 Å². The molecule has 0 atom stereocenters. The number of fused-ring (bicyclic) bond motifs is 11. The molecule has 8 aromatic carbocycles. The van der Waals surface area contributed by atoms with Gasteiger partial charge in [-0.1, -0.05) is 161 Å². The van der Waals surface area contributed by atoms with E-state index < -0.39 is 0 Å². The fraction of sp³-hybridized carbons (Fsp3) is 0.109. The number of aromatic nitrogens is 3. The van der Waals surface area contributed by atoms with Crippen molar-refractivity contribution in [3.63, 3.8) is 0 Å². The van der Waals surface area contributed by atoms with E-state index in [0.29, 0.717) is 5.82 Å². The van der Waals surface area contributed by atoms with E-state index in [0.717, 1.165) is 49.6 Å². The van der Waals surface area contributed by atoms with Crippen LogP contribution in [0.3, 0.4) is 0 Å². The second kappa shape index (κ2) is 12.4. The van der Waals surface area contributed by atoms with Crippen molar-refractivity contribution in [1.82, 2.24) is 15.0 Å². The van der Waals surface area contributed by atoms with Gasteiger partial charge in [-0.3, -0.25) is 0 Å². The molecule has 0 radical (unpaired) electrons. The minimum Gasteiger partial charge on any atom is -0.235 e. The van der Waals surface area contributed by atoms with Crippen LogP contribution in [0.1, 0.15) is 49.9 Å². The topological polar surface area (TPSA) is 38.7 Å². The Hall–Kier alpha value is -6.75. The molecular formula is C55H39N3S. The highest BCUT2D eigenvalue weighted by atomic mass is 32.1. The standard InChI is InChI=1S/C55H39N3S/c1-54(2)43-16-10-8-14-39(43)41-25-20-35(29-45(41)54)47-31-48(36-21-26-42-40-15-9-11-17-44(40)55(3,4)46(42)30-36)57-52(56-47)37-22-24-38-34(28-37)19-18-32-23-27-49-51(50(32)38)58-53(59-49)33-12-6-5-7-13-33/h5-31H,1-4H3. The largest absolute Gasteiger partial charge is 0.235 e. The molecular weight excluding hydrogens is 735 g/mol. The summed E-state index contributed by atoms with van der Waals surface area (Å²) in [4.78, 5) is 16.0. The summed E-state index contributed by atoms with van der Waals surface area (Å²) in [6.45, 7) is 9.35. The molecule has 0 amide bonds. The number of thiazole rings is 1. The maximum Gasteiger partial charge on any atom is 0.160 e. The van der Waals surface area contributed by atoms with Gasteiger partial charge in [0.1, 0.15) is 5.01 Å². The first kappa shape index (κ1) is 34.3. The molecule has 59 heavy (non-hydrogen) atoms. The van der Waals surface area contributed by atoms with E-state index in [9.17, 15) is 0 Å². The zero-order valence-corrected chi connectivity index (χ0v) is 34.2. The van der Waals surface area contributed by atoms with Crippen molar-refractivity contribution in [2.24, 2.45) is 0 Å². The third-order valence-corrected chi connectivity index (χ3v) is 14.2. The molecule has 0 saturated heterocycles. The lowest BCUT2D eigenvalue weighted by molar-refractivity contribution is 0.660. The van der Waals surface area contributed by atoms with Gasteiger partial charge >= 0.3 is 0 Å². The fourth-order valence-electron chi connectivity index (χ4n) is 9.98. The number of nitrogens with zero attached hydrogens (tertiary/aromatic N) is 3. The van der Waals surface area contributed by atoms with E-state index in [1.54, 1.807) is 11.3 Å². The monoisotopic (exact) mass is 773 g/mol. The molecule has 0 unspecified atom stereocenters. The fourth-order valence-corrected chi connectivity index (χ4v) is 11.0. The molecule has 2 heterocycles. The zero-order chi connectivity index (χ0) is 39.6. The summed E-state index contributed by atoms with van der Waals surface area (Å²) in [6, 6.07) is 59.7. The maximum atomic E-state index is 5.39. The smallest absolute Gasteiger partial charge is 0.160 e. The highest BCUT2D eigenvalue weighted by Gasteiger charge is 2.37. The Kier molecular flexibility index (Phi) is 7.20. The molecule has 4 heteroatoms. The first-order valence-electron chi connectivity index (χ1n) is 20.4. The summed E-state index contributed by atoms with van der Waals surface area (Å²) < 4.78 is 1.19. The van der Waals surface area contributed by atoms with Crippen LogP contribution in [0.5, 0.6) is 0 Å². The summed E-state index contributed by atoms with van der Waals surface area (Å²) >= 11 is 1.75. The minimum absolute atomic E-state index is 0.118. The lowest BCUT2D eigenvalue weighted by Gasteiger charge is -2.22. The molecule has 12 rings (SSSR count). The van der Waals surface area contributed by atoms with E-state index in [1.807, 2.05) is 0 Å². The molecule has 280 valence electrons. The van der Waals surface area contributed by atoms with Crippen LogP contribution >= 0.6 is 11.3 Å². The van der Waals surface area contributed by atoms with E-state index in [-0.39, 0.29) is 10.8 Å². The molecule has 2 aromatic heterocycles. The van der Waals surface area contributed by atoms with Gasteiger partial charge in [-0.15, -0.1) is 11.3 Å². The number of benzene rings is 8. The third kappa shape index (κ3) is 5.09. The molecule has 0 saturated carbocycles. The molecule has 0 fully saturated rings. The van der Waals surface area contributed by atoms with Gasteiger partial charge < -0.3 is 0 Å². The number of hydrogen-bond acceptors (Lipinski definition) is 4. The Morgan fingerprint density at radius 2 is 0.949 bits per heavy atom. The lowest BCUT2D eigenvalue weighted by atomic mass is 9.81. The first-order valence-corrected chi connectivity index (χ1v) is 21.2. The quantitative estimate of drug-likeness (QED) is 0.167. The molecule has 0 spiro atoms. The van der Waals surface area contributed by atoms with Crippen LogP contribution < -0.4 is 0 Å². The third-order valence-electron chi connectivity index (χ3n) is 13.1. The average molecular weight is 774 g/mol. The molecule has 0 aliphatic heterocycles. The summed E-state index contributed by atoms with van der Waals surface area (Å²) in [5.74, 6) is 0.712. The normalized spacial score (nSPS) is 14.4. The number of hydrogen-bond donors (Lipinski definition) is 0. The highest BCUT2D eigenvalue weighted by molar-refractivity contribution is 7.21. The second-order valence-electron chi connectivity index (χ2n) is 17.2. The van der Waals surface area contributed by atoms with Crippen molar-refractivity contribution in [3.05, 3.63) is 186 Å². The van der Waals surface area contributed by atoms with Crippen LogP contribution in [0.25, 0.3) is 98.5 Å². The van der Waals surface area contributed by atoms with E-state index in [4.69, 9.17) is 15.0 Å². The lowest BCUT2D eigenvalue weighted by Crippen LogP contribution is -2.15. The van der Waals surface area contributed by atoms with Crippen molar-refractivity contribution >= 4 is 43.1 Å². The van der Waals surface area contributed by atoms with Crippen LogP contribution in [0.2, 0.25) is 0 Å². The van der Waals surface area contributed by atoms with Gasteiger partial charge in [0.05, 0.1) is 21.6 Å². The van der Waals surface area contributed by atoms with Gasteiger partial charge in [0.25, 0.3) is 0 Å². The molecule has 10 aromatic rings. The molecule has 2 aliphatic carbocycles. The summed E-state index contributed by atoms with van der Waals surface area (Å²) in [5, 5.41) is 5.73. The second-order valence-corrected chi connectivity index (χ2v) is 18.3. The van der Waals surface area contributed by atoms with Gasteiger partial charge in [-0.05, 0) is 91.0 Å². The predicted octanol–water partition coefficient (Wildman–Crippen LogP) is 14.7. The Balaban J connectivity index is 1.03. The summed E-state index contributed by atoms with van der Waals surface area (Å²) in [6.07, 6.45) is 0. The van der Waals surface area contributed by atoms with E-state index in [1.165, 1.54) is 65.4 Å². The average Bonchev–Trinajstić information content (AvgIpc) is 3.89. The molecule has 0 N–H and O–H groups in total. The summed E-state index contributed by atoms with van der Waals surface area (Å²) in [5.41, 5.74) is 17.6. The Morgan fingerprint density at radius 3 is 1.59 bits per heavy atom. The zero-order valence-electron chi connectivity index (χ0n) is 33.3. The van der Waals surface area contributed by atoms with Crippen molar-refractivity contribution < 1.29 is 0 Å². The van der Waals surface area contributed by atoms with E-state index in [2.05, 4.69) is 191 Å². The van der Waals surface area contributed by atoms with Crippen LogP contribution in [-0.2, 0) is 10.8 Å². The first-order chi connectivity index (χ1) is 28.7. The van der Waals surface area contributed by atoms with Gasteiger partial charge in [0, 0.05) is 38.5 Å². The van der Waals surface area contributed by atoms with Crippen molar-refractivity contribution in [2.75, 3.05) is 0 Å². The van der Waals surface area contributed by atoms with Crippen LogP contribution in [-0.4, -0.2) is 15.0 Å². The van der Waals surface area contributed by atoms with Crippen molar-refractivity contribution in [1.29, 1.82) is 0 Å². The molecule has 0 bridgehead atoms. The van der Waals surface area contributed by atoms with Crippen LogP contribution in [0.15, 0.2) is 164 Å². The molecule has 3 nitrogen and oxygen atoms in total. The van der Waals surface area contributed by atoms with Gasteiger partial charge in [-0.2, -0.15) is 0 Å². The van der Waals surface area contributed by atoms with Crippen molar-refractivity contribution in [2.45, 2.75) is 38.5 Å². The molecule has 2 aliphatic rings. The van der Waals surface area contributed by atoms with Gasteiger partial charge in [0.15, 0.2) is 5.82 Å². The van der Waals surface area contributed by atoms with E-state index >= 15 is 0 Å². The number of rotatable bonds is 4. The minimum atomic E-state index is -0.118. The predicted molar refractivity (Wildman–Crippen MR) is 247 cm³/mol. The highest BCUT2D eigenvalue weighted by Crippen LogP contribution is 2.51. The van der Waals surface area contributed by atoms with Gasteiger partial charge in [-0.25, -0.2) is 15.0 Å². The summed E-state index contributed by atoms with van der Waals surface area (Å²) in [7, 11) is 0. The Labute approximate surface area is 347 Å². The van der Waals surface area contributed by atoms with Crippen LogP contribution in [0.4, 0.5) is 0 Å². The SMILES string of the molecule is CC1(C)c2ccccc2-c2ccc(-c3cc(-c4ccc5c(c4)C(C)(C)c4ccccc4-5)nc(-c4ccc5c(ccc6ccc7sc(-c8ccccc8)nc7c65)c4)n3)cc21. The Bertz CT molecular complexity index is 3270.